The zero-order valence-electron chi connectivity index (χ0n) is 19.6. The molecule has 1 aromatic carbocycles. The summed E-state index contributed by atoms with van der Waals surface area (Å²) in [4.78, 5) is 16.1. The highest BCUT2D eigenvalue weighted by molar-refractivity contribution is 5.83. The molecule has 1 saturated heterocycles. The number of likely N-dealkylation sites (N-methyl/N-ethyl adjacent to an activating group) is 1. The summed E-state index contributed by atoms with van der Waals surface area (Å²) in [6.07, 6.45) is 4.10. The largest absolute Gasteiger partial charge is 0.448 e. The van der Waals surface area contributed by atoms with Gasteiger partial charge in [-0.3, -0.25) is 0 Å². The van der Waals surface area contributed by atoms with Gasteiger partial charge in [-0.15, -0.1) is 0 Å². The van der Waals surface area contributed by atoms with Crippen molar-refractivity contribution in [3.63, 3.8) is 0 Å². The number of benzene rings is 1. The summed E-state index contributed by atoms with van der Waals surface area (Å²) in [5.41, 5.74) is 1.91. The molecule has 8 nitrogen and oxygen atoms in total. The van der Waals surface area contributed by atoms with Crippen LogP contribution < -0.4 is 15.0 Å². The number of aromatic amines is 1. The minimum Gasteiger partial charge on any atom is -0.448 e. The quantitative estimate of drug-likeness (QED) is 0.387. The number of hydrogen-bond donors (Lipinski definition) is 2. The summed E-state index contributed by atoms with van der Waals surface area (Å²) < 4.78 is 41.2. The van der Waals surface area contributed by atoms with Crippen LogP contribution >= 0.6 is 0 Å². The maximum Gasteiger partial charge on any atom is 0.326 e. The van der Waals surface area contributed by atoms with Gasteiger partial charge in [0.25, 0.3) is 0 Å². The number of fused-ring (bicyclic) bond motifs is 1. The molecule has 3 aromatic heterocycles. The first-order valence-corrected chi connectivity index (χ1v) is 11.8. The van der Waals surface area contributed by atoms with Crippen LogP contribution in [0.4, 0.5) is 26.3 Å². The van der Waals surface area contributed by atoms with E-state index in [1.54, 1.807) is 19.3 Å². The standard InChI is InChI=1S/C25H26F2N6O2/c1-14-9-17-23(27)19(11-18(26)24(17)28-14)35-25-30-20(29-22-10-16(13-34-22)15-3-4-15)12-21(31-25)33-7-5-32(2)6-8-33/h9-13,15,28H,3-8H2,1-2H3,(H,29,30,31). The number of nitrogens with zero attached hydrogens (tertiary/aromatic N) is 4. The van der Waals surface area contributed by atoms with Crippen LogP contribution in [0, 0.1) is 18.6 Å². The zero-order chi connectivity index (χ0) is 24.1. The van der Waals surface area contributed by atoms with Crippen LogP contribution in [0.15, 0.2) is 34.9 Å². The highest BCUT2D eigenvalue weighted by atomic mass is 19.1. The molecule has 182 valence electrons. The van der Waals surface area contributed by atoms with E-state index in [2.05, 4.69) is 37.1 Å². The first-order chi connectivity index (χ1) is 16.9. The molecule has 0 atom stereocenters. The number of piperazine rings is 1. The fraction of sp³-hybridized carbons (Fsp3) is 0.360. The highest BCUT2D eigenvalue weighted by Gasteiger charge is 2.26. The fourth-order valence-electron chi connectivity index (χ4n) is 4.40. The monoisotopic (exact) mass is 480 g/mol. The van der Waals surface area contributed by atoms with Gasteiger partial charge in [0.15, 0.2) is 23.3 Å². The molecule has 0 unspecified atom stereocenters. The van der Waals surface area contributed by atoms with Crippen molar-refractivity contribution in [1.82, 2.24) is 19.9 Å². The average molecular weight is 481 g/mol. The van der Waals surface area contributed by atoms with Crippen molar-refractivity contribution in [2.45, 2.75) is 25.7 Å². The topological polar surface area (TPSA) is 82.4 Å². The van der Waals surface area contributed by atoms with E-state index in [0.717, 1.165) is 37.8 Å². The molecule has 2 fully saturated rings. The van der Waals surface area contributed by atoms with E-state index in [1.807, 2.05) is 12.1 Å². The van der Waals surface area contributed by atoms with Crippen LogP contribution in [0.1, 0.15) is 30.0 Å². The van der Waals surface area contributed by atoms with Crippen LogP contribution in [0.2, 0.25) is 0 Å². The molecule has 0 radical (unpaired) electrons. The summed E-state index contributed by atoms with van der Waals surface area (Å²) in [6.45, 7) is 5.06. The maximum atomic E-state index is 15.2. The lowest BCUT2D eigenvalue weighted by atomic mass is 10.2. The number of hydrogen-bond acceptors (Lipinski definition) is 7. The Hall–Kier alpha value is -3.66. The third kappa shape index (κ3) is 4.41. The van der Waals surface area contributed by atoms with Crippen molar-refractivity contribution in [3.05, 3.63) is 53.4 Å². The van der Waals surface area contributed by atoms with Crippen molar-refractivity contribution in [3.8, 4) is 11.8 Å². The average Bonchev–Trinajstić information content (AvgIpc) is 3.45. The predicted molar refractivity (Wildman–Crippen MR) is 129 cm³/mol. The summed E-state index contributed by atoms with van der Waals surface area (Å²) in [6, 6.07) is 6.26. The van der Waals surface area contributed by atoms with Crippen molar-refractivity contribution >= 4 is 28.4 Å². The number of anilines is 3. The minimum absolute atomic E-state index is 0.0807. The fourth-order valence-corrected chi connectivity index (χ4v) is 4.40. The number of furan rings is 1. The molecule has 1 aliphatic carbocycles. The molecule has 6 rings (SSSR count). The van der Waals surface area contributed by atoms with Crippen LogP contribution in [-0.2, 0) is 0 Å². The van der Waals surface area contributed by atoms with Gasteiger partial charge in [0.1, 0.15) is 11.6 Å². The van der Waals surface area contributed by atoms with Gasteiger partial charge < -0.3 is 29.3 Å². The molecule has 0 bridgehead atoms. The molecule has 2 aliphatic rings. The van der Waals surface area contributed by atoms with Gasteiger partial charge in [0, 0.05) is 55.5 Å². The third-order valence-electron chi connectivity index (χ3n) is 6.54. The second-order valence-corrected chi connectivity index (χ2v) is 9.34. The summed E-state index contributed by atoms with van der Waals surface area (Å²) in [5, 5.41) is 3.29. The van der Waals surface area contributed by atoms with Crippen molar-refractivity contribution < 1.29 is 17.9 Å². The molecule has 4 heterocycles. The number of rotatable bonds is 6. The molecule has 0 amide bonds. The lowest BCUT2D eigenvalue weighted by Gasteiger charge is -2.33. The molecular weight excluding hydrogens is 454 g/mol. The number of ether oxygens (including phenoxy) is 1. The van der Waals surface area contributed by atoms with E-state index < -0.39 is 11.6 Å². The van der Waals surface area contributed by atoms with Gasteiger partial charge in [-0.1, -0.05) is 0 Å². The molecule has 1 aliphatic heterocycles. The lowest BCUT2D eigenvalue weighted by Crippen LogP contribution is -2.44. The number of halogens is 2. The molecule has 35 heavy (non-hydrogen) atoms. The van der Waals surface area contributed by atoms with E-state index in [0.29, 0.717) is 29.1 Å². The zero-order valence-corrected chi connectivity index (χ0v) is 19.6. The smallest absolute Gasteiger partial charge is 0.326 e. The molecule has 0 spiro atoms. The first kappa shape index (κ1) is 21.8. The predicted octanol–water partition coefficient (Wildman–Crippen LogP) is 5.30. The number of H-pyrrole nitrogens is 1. The first-order valence-electron chi connectivity index (χ1n) is 11.8. The van der Waals surface area contributed by atoms with Crippen LogP contribution in [0.3, 0.4) is 0 Å². The van der Waals surface area contributed by atoms with Gasteiger partial charge in [-0.05, 0) is 44.4 Å². The summed E-state index contributed by atoms with van der Waals surface area (Å²) >= 11 is 0. The SMILES string of the molecule is Cc1cc2c(F)c(Oc3nc(Nc4cc(C5CC5)co4)cc(N4CCN(C)CC4)n3)cc(F)c2[nH]1. The van der Waals surface area contributed by atoms with Gasteiger partial charge >= 0.3 is 6.01 Å². The lowest BCUT2D eigenvalue weighted by molar-refractivity contribution is 0.311. The van der Waals surface area contributed by atoms with Gasteiger partial charge in [0.05, 0.1) is 11.8 Å². The van der Waals surface area contributed by atoms with Crippen molar-refractivity contribution in [2.24, 2.45) is 0 Å². The van der Waals surface area contributed by atoms with Crippen molar-refractivity contribution in [1.29, 1.82) is 0 Å². The Labute approximate surface area is 200 Å². The third-order valence-corrected chi connectivity index (χ3v) is 6.54. The summed E-state index contributed by atoms with van der Waals surface area (Å²) in [7, 11) is 2.07. The van der Waals surface area contributed by atoms with Crippen LogP contribution in [0.25, 0.3) is 10.9 Å². The minimum atomic E-state index is -0.672. The Balaban J connectivity index is 1.34. The van der Waals surface area contributed by atoms with E-state index in [-0.39, 0.29) is 22.7 Å². The van der Waals surface area contributed by atoms with Gasteiger partial charge in [0.2, 0.25) is 0 Å². The van der Waals surface area contributed by atoms with E-state index in [1.165, 1.54) is 12.8 Å². The van der Waals surface area contributed by atoms with Gasteiger partial charge in [-0.2, -0.15) is 9.97 Å². The van der Waals surface area contributed by atoms with E-state index in [9.17, 15) is 4.39 Å². The number of aromatic nitrogens is 3. The molecule has 10 heteroatoms. The second kappa shape index (κ2) is 8.53. The van der Waals surface area contributed by atoms with E-state index in [4.69, 9.17) is 9.15 Å². The van der Waals surface area contributed by atoms with Crippen LogP contribution in [-0.4, -0.2) is 53.1 Å². The molecule has 2 N–H and O–H groups in total. The number of nitrogens with one attached hydrogen (secondary N) is 2. The van der Waals surface area contributed by atoms with Crippen LogP contribution in [0.5, 0.6) is 11.8 Å². The van der Waals surface area contributed by atoms with Crippen molar-refractivity contribution in [2.75, 3.05) is 43.4 Å². The molecule has 4 aromatic rings. The Morgan fingerprint density at radius 1 is 1.09 bits per heavy atom. The Morgan fingerprint density at radius 2 is 1.89 bits per heavy atom. The Kier molecular flexibility index (Phi) is 5.32. The number of aryl methyl sites for hydroxylation is 1. The van der Waals surface area contributed by atoms with E-state index >= 15 is 4.39 Å². The second-order valence-electron chi connectivity index (χ2n) is 9.34. The summed E-state index contributed by atoms with van der Waals surface area (Å²) in [5.74, 6) is 0.644. The highest BCUT2D eigenvalue weighted by Crippen LogP contribution is 2.42. The normalized spacial score (nSPS) is 16.7. The Morgan fingerprint density at radius 3 is 2.66 bits per heavy atom. The molecule has 1 saturated carbocycles. The van der Waals surface area contributed by atoms with Gasteiger partial charge in [-0.25, -0.2) is 8.78 Å². The Bertz CT molecular complexity index is 1390. The maximum absolute atomic E-state index is 15.2. The molecular formula is C25H26F2N6O2.